The SMILES string of the molecule is Cc1c(C(C)NC(=O)c2ccn(-c3ccc([N+](=O)[O-])cc3)n2)cnn1-c1ccccc1. The summed E-state index contributed by atoms with van der Waals surface area (Å²) in [6.45, 7) is 3.85. The number of non-ortho nitro benzene ring substituents is 1. The van der Waals surface area contributed by atoms with E-state index >= 15 is 0 Å². The largest absolute Gasteiger partial charge is 0.344 e. The third-order valence-corrected chi connectivity index (χ3v) is 5.01. The minimum atomic E-state index is -0.463. The van der Waals surface area contributed by atoms with Crippen LogP contribution in [0.2, 0.25) is 0 Å². The van der Waals surface area contributed by atoms with Gasteiger partial charge in [-0.2, -0.15) is 10.2 Å². The van der Waals surface area contributed by atoms with Gasteiger partial charge in [0.25, 0.3) is 11.6 Å². The van der Waals surface area contributed by atoms with Gasteiger partial charge in [-0.15, -0.1) is 0 Å². The second-order valence-electron chi connectivity index (χ2n) is 7.05. The molecular formula is C22H20N6O3. The number of nitrogens with zero attached hydrogens (tertiary/aromatic N) is 5. The molecule has 2 aromatic heterocycles. The molecule has 156 valence electrons. The predicted molar refractivity (Wildman–Crippen MR) is 114 cm³/mol. The topological polar surface area (TPSA) is 108 Å². The van der Waals surface area contributed by atoms with Crippen molar-refractivity contribution in [1.82, 2.24) is 24.9 Å². The Balaban J connectivity index is 1.48. The monoisotopic (exact) mass is 416 g/mol. The zero-order chi connectivity index (χ0) is 22.0. The van der Waals surface area contributed by atoms with Crippen molar-refractivity contribution in [1.29, 1.82) is 0 Å². The fourth-order valence-electron chi connectivity index (χ4n) is 3.34. The highest BCUT2D eigenvalue weighted by atomic mass is 16.6. The Morgan fingerprint density at radius 3 is 2.45 bits per heavy atom. The van der Waals surface area contributed by atoms with Crippen LogP contribution >= 0.6 is 0 Å². The summed E-state index contributed by atoms with van der Waals surface area (Å²) in [5.74, 6) is -0.319. The minimum absolute atomic E-state index is 0.00545. The van der Waals surface area contributed by atoms with E-state index in [1.807, 2.05) is 48.9 Å². The van der Waals surface area contributed by atoms with Crippen molar-refractivity contribution >= 4 is 11.6 Å². The number of benzene rings is 2. The molecule has 0 bridgehead atoms. The second-order valence-corrected chi connectivity index (χ2v) is 7.05. The molecule has 0 saturated carbocycles. The molecule has 9 nitrogen and oxygen atoms in total. The Morgan fingerprint density at radius 2 is 1.77 bits per heavy atom. The third-order valence-electron chi connectivity index (χ3n) is 5.01. The van der Waals surface area contributed by atoms with Crippen molar-refractivity contribution in [2.45, 2.75) is 19.9 Å². The van der Waals surface area contributed by atoms with E-state index in [0.29, 0.717) is 5.69 Å². The van der Waals surface area contributed by atoms with Crippen LogP contribution in [0.25, 0.3) is 11.4 Å². The molecule has 2 aromatic carbocycles. The number of nitro benzene ring substituents is 1. The predicted octanol–water partition coefficient (Wildman–Crippen LogP) is 3.77. The number of hydrogen-bond acceptors (Lipinski definition) is 5. The van der Waals surface area contributed by atoms with Crippen LogP contribution in [-0.2, 0) is 0 Å². The van der Waals surface area contributed by atoms with Crippen LogP contribution in [0.5, 0.6) is 0 Å². The van der Waals surface area contributed by atoms with E-state index in [9.17, 15) is 14.9 Å². The summed E-state index contributed by atoms with van der Waals surface area (Å²) in [4.78, 5) is 23.0. The summed E-state index contributed by atoms with van der Waals surface area (Å²) in [7, 11) is 0. The lowest BCUT2D eigenvalue weighted by Gasteiger charge is -2.13. The maximum Gasteiger partial charge on any atom is 0.272 e. The molecule has 2 heterocycles. The van der Waals surface area contributed by atoms with Gasteiger partial charge in [-0.05, 0) is 44.2 Å². The number of hydrogen-bond donors (Lipinski definition) is 1. The van der Waals surface area contributed by atoms with Gasteiger partial charge in [0.1, 0.15) is 0 Å². The minimum Gasteiger partial charge on any atom is -0.344 e. The Labute approximate surface area is 178 Å². The Morgan fingerprint density at radius 1 is 1.06 bits per heavy atom. The van der Waals surface area contributed by atoms with Gasteiger partial charge in [0, 0.05) is 29.6 Å². The van der Waals surface area contributed by atoms with E-state index in [1.165, 1.54) is 16.8 Å². The van der Waals surface area contributed by atoms with Crippen LogP contribution in [0.1, 0.15) is 34.7 Å². The first-order valence-corrected chi connectivity index (χ1v) is 9.65. The molecule has 1 atom stereocenters. The molecule has 0 saturated heterocycles. The molecule has 1 unspecified atom stereocenters. The molecule has 0 aliphatic carbocycles. The van der Waals surface area contributed by atoms with Crippen LogP contribution in [0, 0.1) is 17.0 Å². The smallest absolute Gasteiger partial charge is 0.272 e. The zero-order valence-electron chi connectivity index (χ0n) is 17.0. The van der Waals surface area contributed by atoms with Gasteiger partial charge in [0.05, 0.1) is 28.5 Å². The van der Waals surface area contributed by atoms with Gasteiger partial charge in [-0.1, -0.05) is 18.2 Å². The Kier molecular flexibility index (Phi) is 5.31. The summed E-state index contributed by atoms with van der Waals surface area (Å²) in [6, 6.07) is 17.1. The number of nitro groups is 1. The molecule has 0 fully saturated rings. The number of rotatable bonds is 6. The van der Waals surface area contributed by atoms with Crippen molar-refractivity contribution in [3.8, 4) is 11.4 Å². The lowest BCUT2D eigenvalue weighted by atomic mass is 10.1. The lowest BCUT2D eigenvalue weighted by Crippen LogP contribution is -2.27. The van der Waals surface area contributed by atoms with E-state index in [-0.39, 0.29) is 23.3 Å². The maximum atomic E-state index is 12.7. The molecular weight excluding hydrogens is 396 g/mol. The normalized spacial score (nSPS) is 11.8. The summed E-state index contributed by atoms with van der Waals surface area (Å²) in [6.07, 6.45) is 3.39. The highest BCUT2D eigenvalue weighted by Crippen LogP contribution is 2.21. The van der Waals surface area contributed by atoms with E-state index < -0.39 is 4.92 Å². The van der Waals surface area contributed by atoms with E-state index in [4.69, 9.17) is 0 Å². The number of carbonyl (C=O) groups is 1. The highest BCUT2D eigenvalue weighted by molar-refractivity contribution is 5.92. The van der Waals surface area contributed by atoms with Gasteiger partial charge < -0.3 is 5.32 Å². The number of aromatic nitrogens is 4. The average Bonchev–Trinajstić information content (AvgIpc) is 3.42. The van der Waals surface area contributed by atoms with Crippen molar-refractivity contribution in [3.05, 3.63) is 100 Å². The molecule has 9 heteroatoms. The third kappa shape index (κ3) is 4.06. The van der Waals surface area contributed by atoms with Gasteiger partial charge >= 0.3 is 0 Å². The van der Waals surface area contributed by atoms with Crippen LogP contribution < -0.4 is 5.32 Å². The first kappa shape index (κ1) is 20.0. The van der Waals surface area contributed by atoms with Gasteiger partial charge in [0.15, 0.2) is 5.69 Å². The molecule has 4 aromatic rings. The van der Waals surface area contributed by atoms with Crippen LogP contribution in [0.3, 0.4) is 0 Å². The van der Waals surface area contributed by atoms with E-state index in [0.717, 1.165) is 16.9 Å². The van der Waals surface area contributed by atoms with Crippen molar-refractivity contribution < 1.29 is 9.72 Å². The highest BCUT2D eigenvalue weighted by Gasteiger charge is 2.19. The first-order chi connectivity index (χ1) is 14.9. The summed E-state index contributed by atoms with van der Waals surface area (Å²) in [5.41, 5.74) is 3.67. The quantitative estimate of drug-likeness (QED) is 0.380. The van der Waals surface area contributed by atoms with Crippen molar-refractivity contribution in [3.63, 3.8) is 0 Å². The van der Waals surface area contributed by atoms with Crippen LogP contribution in [0.15, 0.2) is 73.1 Å². The summed E-state index contributed by atoms with van der Waals surface area (Å²) in [5, 5.41) is 22.5. The molecule has 0 radical (unpaired) electrons. The fraction of sp³-hybridized carbons (Fsp3) is 0.136. The molecule has 1 N–H and O–H groups in total. The van der Waals surface area contributed by atoms with Crippen molar-refractivity contribution in [2.24, 2.45) is 0 Å². The van der Waals surface area contributed by atoms with Crippen LogP contribution in [-0.4, -0.2) is 30.4 Å². The lowest BCUT2D eigenvalue weighted by molar-refractivity contribution is -0.384. The Hall–Kier alpha value is -4.27. The fourth-order valence-corrected chi connectivity index (χ4v) is 3.34. The zero-order valence-corrected chi connectivity index (χ0v) is 17.0. The summed E-state index contributed by atoms with van der Waals surface area (Å²) < 4.78 is 3.34. The van der Waals surface area contributed by atoms with E-state index in [1.54, 1.807) is 30.6 Å². The first-order valence-electron chi connectivity index (χ1n) is 9.65. The van der Waals surface area contributed by atoms with Gasteiger partial charge in [0.2, 0.25) is 0 Å². The summed E-state index contributed by atoms with van der Waals surface area (Å²) >= 11 is 0. The molecule has 1 amide bonds. The van der Waals surface area contributed by atoms with Crippen molar-refractivity contribution in [2.75, 3.05) is 0 Å². The Bertz CT molecular complexity index is 1230. The molecule has 31 heavy (non-hydrogen) atoms. The standard InChI is InChI=1S/C22H20N6O3/c1-15(20-14-23-27(16(20)2)18-6-4-3-5-7-18)24-22(29)21-12-13-26(25-21)17-8-10-19(11-9-17)28(30)31/h3-15H,1-2H3,(H,24,29). The molecule has 4 rings (SSSR count). The van der Waals surface area contributed by atoms with Crippen LogP contribution in [0.4, 0.5) is 5.69 Å². The van der Waals surface area contributed by atoms with Gasteiger partial charge in [-0.3, -0.25) is 14.9 Å². The number of para-hydroxylation sites is 1. The van der Waals surface area contributed by atoms with Gasteiger partial charge in [-0.25, -0.2) is 9.36 Å². The molecule has 0 aliphatic rings. The maximum absolute atomic E-state index is 12.7. The second kappa shape index (κ2) is 8.23. The number of carbonyl (C=O) groups excluding carboxylic acids is 1. The molecule has 0 aliphatic heterocycles. The number of nitrogens with one attached hydrogen (secondary N) is 1. The average molecular weight is 416 g/mol. The number of amides is 1. The molecule has 0 spiro atoms. The van der Waals surface area contributed by atoms with E-state index in [2.05, 4.69) is 15.5 Å².